The maximum atomic E-state index is 12.8. The average Bonchev–Trinajstić information content (AvgIpc) is 2.86. The highest BCUT2D eigenvalue weighted by Crippen LogP contribution is 2.39. The lowest BCUT2D eigenvalue weighted by atomic mass is 9.70. The van der Waals surface area contributed by atoms with Gasteiger partial charge in [-0.2, -0.15) is 0 Å². The predicted molar refractivity (Wildman–Crippen MR) is 93.5 cm³/mol. The number of allylic oxidation sites excluding steroid dienone is 1. The Balaban J connectivity index is 2.51. The van der Waals surface area contributed by atoms with Gasteiger partial charge < -0.3 is 14.8 Å². The van der Waals surface area contributed by atoms with Gasteiger partial charge in [-0.25, -0.2) is 0 Å². The summed E-state index contributed by atoms with van der Waals surface area (Å²) in [6.45, 7) is 8.72. The largest absolute Gasteiger partial charge is 0.348 e. The highest BCUT2D eigenvalue weighted by molar-refractivity contribution is 6.76. The molecule has 6 nitrogen and oxygen atoms in total. The molecule has 0 aromatic carbocycles. The van der Waals surface area contributed by atoms with Crippen molar-refractivity contribution in [1.82, 2.24) is 5.32 Å². The van der Waals surface area contributed by atoms with Crippen LogP contribution in [0.2, 0.25) is 0 Å². The second-order valence-corrected chi connectivity index (χ2v) is 8.71. The van der Waals surface area contributed by atoms with E-state index in [1.165, 1.54) is 13.0 Å². The van der Waals surface area contributed by atoms with Crippen LogP contribution in [-0.4, -0.2) is 45.3 Å². The Morgan fingerprint density at radius 1 is 1.40 bits per heavy atom. The van der Waals surface area contributed by atoms with E-state index in [9.17, 15) is 14.4 Å². The van der Waals surface area contributed by atoms with Crippen LogP contribution in [0.3, 0.4) is 0 Å². The highest BCUT2D eigenvalue weighted by Gasteiger charge is 2.56. The molecule has 0 bridgehead atoms. The van der Waals surface area contributed by atoms with Gasteiger partial charge in [0.1, 0.15) is 5.54 Å². The van der Waals surface area contributed by atoms with E-state index < -0.39 is 44.6 Å². The number of carbonyl (C=O) groups is 3. The number of hydrogen-bond donors (Lipinski definition) is 1. The zero-order valence-corrected chi connectivity index (χ0v) is 16.2. The molecule has 3 atom stereocenters. The number of halogens is 3. The van der Waals surface area contributed by atoms with Gasteiger partial charge in [-0.1, -0.05) is 47.0 Å². The minimum absolute atomic E-state index is 0.155. The van der Waals surface area contributed by atoms with E-state index in [1.807, 2.05) is 0 Å². The molecule has 1 aliphatic heterocycles. The van der Waals surface area contributed by atoms with Gasteiger partial charge in [0.15, 0.2) is 5.79 Å². The quantitative estimate of drug-likeness (QED) is 0.438. The summed E-state index contributed by atoms with van der Waals surface area (Å²) < 4.78 is 9.04. The minimum atomic E-state index is -2.31. The van der Waals surface area contributed by atoms with Crippen LogP contribution >= 0.6 is 34.8 Å². The summed E-state index contributed by atoms with van der Waals surface area (Å²) in [4.78, 5) is 37.2. The van der Waals surface area contributed by atoms with E-state index >= 15 is 0 Å². The number of nitrogens with one attached hydrogen (secondary N) is 1. The fourth-order valence-corrected chi connectivity index (χ4v) is 3.11. The van der Waals surface area contributed by atoms with E-state index in [1.54, 1.807) is 19.9 Å². The average molecular weight is 411 g/mol. The molecule has 138 valence electrons. The van der Waals surface area contributed by atoms with E-state index in [0.29, 0.717) is 0 Å². The van der Waals surface area contributed by atoms with Gasteiger partial charge in [0, 0.05) is 5.92 Å². The summed E-state index contributed by atoms with van der Waals surface area (Å²) in [5.41, 5.74) is -1.56. The molecule has 0 aromatic heterocycles. The standard InChI is InChI=1S/C16H18Cl3NO5/c1-5-15(20-13(23)16(17,18)19)9(6-8(2)11(21)12(15)22)10-7-24-14(3,4)25-10/h5-6,9-10H,1,7H2,2-4H3,(H,20,23)/t9-,10-,15-/m1/s1. The molecule has 1 saturated heterocycles. The lowest BCUT2D eigenvalue weighted by Gasteiger charge is -2.41. The summed E-state index contributed by atoms with van der Waals surface area (Å²) in [5.74, 6) is -4.30. The van der Waals surface area contributed by atoms with Gasteiger partial charge in [0.2, 0.25) is 11.6 Å². The first-order valence-corrected chi connectivity index (χ1v) is 8.60. The molecular formula is C16H18Cl3NO5. The number of ether oxygens (including phenoxy) is 2. The van der Waals surface area contributed by atoms with Crippen molar-refractivity contribution in [3.8, 4) is 0 Å². The second-order valence-electron chi connectivity index (χ2n) is 6.43. The molecule has 0 radical (unpaired) electrons. The molecule has 0 unspecified atom stereocenters. The zero-order valence-electron chi connectivity index (χ0n) is 13.9. The van der Waals surface area contributed by atoms with Crippen molar-refractivity contribution in [3.63, 3.8) is 0 Å². The molecule has 1 amide bonds. The number of carbonyl (C=O) groups excluding carboxylic acids is 3. The van der Waals surface area contributed by atoms with Gasteiger partial charge in [-0.15, -0.1) is 6.58 Å². The summed E-state index contributed by atoms with van der Waals surface area (Å²) in [6.07, 6.45) is 2.11. The first-order valence-electron chi connectivity index (χ1n) is 7.46. The first-order chi connectivity index (χ1) is 11.3. The molecule has 0 saturated carbocycles. The van der Waals surface area contributed by atoms with Crippen molar-refractivity contribution in [3.05, 3.63) is 24.3 Å². The SMILES string of the molecule is C=C[C@]1(NC(=O)C(Cl)(Cl)Cl)C(=O)C(=O)C(C)=C[C@@H]1[C@H]1COC(C)(C)O1. The van der Waals surface area contributed by atoms with Crippen molar-refractivity contribution in [1.29, 1.82) is 0 Å². The lowest BCUT2D eigenvalue weighted by molar-refractivity contribution is -0.152. The Morgan fingerprint density at radius 2 is 2.00 bits per heavy atom. The van der Waals surface area contributed by atoms with Crippen molar-refractivity contribution < 1.29 is 23.9 Å². The van der Waals surface area contributed by atoms with E-state index in [2.05, 4.69) is 11.9 Å². The van der Waals surface area contributed by atoms with Crippen LogP contribution in [0.5, 0.6) is 0 Å². The zero-order chi connectivity index (χ0) is 19.2. The smallest absolute Gasteiger partial charge is 0.273 e. The number of rotatable bonds is 3. The fourth-order valence-electron chi connectivity index (χ4n) is 2.97. The Hall–Kier alpha value is -0.920. The maximum Gasteiger partial charge on any atom is 0.273 e. The second kappa shape index (κ2) is 6.67. The van der Waals surface area contributed by atoms with Crippen molar-refractivity contribution in [2.45, 2.75) is 42.0 Å². The van der Waals surface area contributed by atoms with E-state index in [-0.39, 0.29) is 12.2 Å². The molecule has 1 aliphatic carbocycles. The van der Waals surface area contributed by atoms with Crippen molar-refractivity contribution in [2.75, 3.05) is 6.61 Å². The number of hydrogen-bond acceptors (Lipinski definition) is 5. The molecule has 25 heavy (non-hydrogen) atoms. The normalized spacial score (nSPS) is 32.3. The van der Waals surface area contributed by atoms with Crippen LogP contribution in [0.15, 0.2) is 24.3 Å². The Morgan fingerprint density at radius 3 is 2.44 bits per heavy atom. The number of alkyl halides is 3. The molecule has 1 N–H and O–H groups in total. The lowest BCUT2D eigenvalue weighted by Crippen LogP contribution is -2.65. The van der Waals surface area contributed by atoms with Gasteiger partial charge in [-0.3, -0.25) is 14.4 Å². The first kappa shape index (κ1) is 20.4. The summed E-state index contributed by atoms with van der Waals surface area (Å²) in [5, 5.41) is 2.37. The van der Waals surface area contributed by atoms with Crippen LogP contribution in [0.25, 0.3) is 0 Å². The summed E-state index contributed by atoms with van der Waals surface area (Å²) in [7, 11) is 0. The van der Waals surface area contributed by atoms with Crippen molar-refractivity contribution >= 4 is 52.3 Å². The number of amides is 1. The van der Waals surface area contributed by atoms with Gasteiger partial charge in [0.05, 0.1) is 12.7 Å². The van der Waals surface area contributed by atoms with Gasteiger partial charge >= 0.3 is 0 Å². The molecule has 0 spiro atoms. The maximum absolute atomic E-state index is 12.8. The summed E-state index contributed by atoms with van der Waals surface area (Å²) >= 11 is 16.8. The van der Waals surface area contributed by atoms with Crippen LogP contribution < -0.4 is 5.32 Å². The van der Waals surface area contributed by atoms with Crippen LogP contribution in [0, 0.1) is 5.92 Å². The molecule has 2 rings (SSSR count). The molecular weight excluding hydrogens is 393 g/mol. The third-order valence-corrected chi connectivity index (χ3v) is 4.74. The molecule has 9 heteroatoms. The molecule has 2 aliphatic rings. The minimum Gasteiger partial charge on any atom is -0.348 e. The number of ketones is 2. The molecule has 0 aromatic rings. The monoisotopic (exact) mass is 409 g/mol. The van der Waals surface area contributed by atoms with Gasteiger partial charge in [-0.05, 0) is 26.3 Å². The predicted octanol–water partition coefficient (Wildman–Crippen LogP) is 2.26. The molecule has 1 heterocycles. The Bertz CT molecular complexity index is 667. The van der Waals surface area contributed by atoms with Crippen LogP contribution in [0.1, 0.15) is 20.8 Å². The fraction of sp³-hybridized carbons (Fsp3) is 0.562. The third-order valence-electron chi connectivity index (χ3n) is 4.23. The van der Waals surface area contributed by atoms with E-state index in [0.717, 1.165) is 0 Å². The van der Waals surface area contributed by atoms with Crippen LogP contribution in [0.4, 0.5) is 0 Å². The van der Waals surface area contributed by atoms with E-state index in [4.69, 9.17) is 44.3 Å². The highest BCUT2D eigenvalue weighted by atomic mass is 35.6. The third kappa shape index (κ3) is 3.78. The Labute approximate surface area is 160 Å². The topological polar surface area (TPSA) is 81.7 Å². The number of Topliss-reactive ketones (excluding diaryl/α,β-unsaturated/α-hetero) is 2. The molecule has 1 fully saturated rings. The Kier molecular flexibility index (Phi) is 5.44. The van der Waals surface area contributed by atoms with Crippen molar-refractivity contribution in [2.24, 2.45) is 5.92 Å². The summed E-state index contributed by atoms with van der Waals surface area (Å²) in [6, 6.07) is 0. The van der Waals surface area contributed by atoms with Crippen LogP contribution in [-0.2, 0) is 23.9 Å². The van der Waals surface area contributed by atoms with Gasteiger partial charge in [0.25, 0.3) is 9.70 Å².